The van der Waals surface area contributed by atoms with Gasteiger partial charge < -0.3 is 19.5 Å². The molecule has 3 atom stereocenters. The quantitative estimate of drug-likeness (QED) is 0.611. The summed E-state index contributed by atoms with van der Waals surface area (Å²) in [5, 5.41) is 2.86. The maximum absolute atomic E-state index is 13.2. The summed E-state index contributed by atoms with van der Waals surface area (Å²) in [6.45, 7) is 6.72. The average Bonchev–Trinajstić information content (AvgIpc) is 3.38. The fourth-order valence-electron chi connectivity index (χ4n) is 4.78. The lowest BCUT2D eigenvalue weighted by Crippen LogP contribution is -2.33. The van der Waals surface area contributed by atoms with E-state index in [0.29, 0.717) is 35.4 Å². The zero-order chi connectivity index (χ0) is 23.2. The summed E-state index contributed by atoms with van der Waals surface area (Å²) in [6, 6.07) is 3.46. The fourth-order valence-corrected chi connectivity index (χ4v) is 4.78. The van der Waals surface area contributed by atoms with E-state index in [2.05, 4.69) is 22.2 Å². The van der Waals surface area contributed by atoms with Gasteiger partial charge in [-0.2, -0.15) is 4.98 Å². The molecule has 33 heavy (non-hydrogen) atoms. The van der Waals surface area contributed by atoms with Crippen LogP contribution in [0.4, 0.5) is 5.69 Å². The largest absolute Gasteiger partial charge is 0.480 e. The number of amides is 1. The molecule has 1 unspecified atom stereocenters. The number of anilines is 1. The van der Waals surface area contributed by atoms with Gasteiger partial charge in [0.25, 0.3) is 5.91 Å². The number of hydrogen-bond donors (Lipinski definition) is 1. The van der Waals surface area contributed by atoms with Gasteiger partial charge in [-0.3, -0.25) is 9.20 Å². The Labute approximate surface area is 192 Å². The number of carbonyl (C=O) groups excluding carboxylic acids is 1. The summed E-state index contributed by atoms with van der Waals surface area (Å²) in [5.74, 6) is 1.28. The van der Waals surface area contributed by atoms with Crippen LogP contribution >= 0.6 is 0 Å². The van der Waals surface area contributed by atoms with Crippen molar-refractivity contribution in [2.45, 2.75) is 57.7 Å². The lowest BCUT2D eigenvalue weighted by molar-refractivity contribution is 0.0720. The predicted octanol–water partition coefficient (Wildman–Crippen LogP) is 3.63. The monoisotopic (exact) mass is 451 g/mol. The van der Waals surface area contributed by atoms with Gasteiger partial charge in [0.2, 0.25) is 17.5 Å². The van der Waals surface area contributed by atoms with Crippen LogP contribution in [0.5, 0.6) is 11.8 Å². The van der Waals surface area contributed by atoms with Gasteiger partial charge in [0.05, 0.1) is 31.6 Å². The van der Waals surface area contributed by atoms with Crippen molar-refractivity contribution in [1.29, 1.82) is 0 Å². The molecule has 9 heteroatoms. The Morgan fingerprint density at radius 1 is 1.30 bits per heavy atom. The zero-order valence-corrected chi connectivity index (χ0v) is 19.4. The van der Waals surface area contributed by atoms with Crippen LogP contribution in [0.3, 0.4) is 0 Å². The first kappa shape index (κ1) is 21.6. The minimum atomic E-state index is -0.365. The van der Waals surface area contributed by atoms with Gasteiger partial charge in [0.15, 0.2) is 0 Å². The number of methoxy groups -OCH3 is 1. The summed E-state index contributed by atoms with van der Waals surface area (Å²) in [7, 11) is 1.51. The molecule has 5 rings (SSSR count). The number of imidazole rings is 1. The molecule has 1 N–H and O–H groups in total. The molecule has 0 radical (unpaired) electrons. The Morgan fingerprint density at radius 2 is 2.15 bits per heavy atom. The van der Waals surface area contributed by atoms with Crippen LogP contribution in [0, 0.1) is 5.92 Å². The Balaban J connectivity index is 1.52. The van der Waals surface area contributed by atoms with E-state index in [-0.39, 0.29) is 29.4 Å². The van der Waals surface area contributed by atoms with Crippen LogP contribution < -0.4 is 14.8 Å². The Kier molecular flexibility index (Phi) is 5.44. The van der Waals surface area contributed by atoms with E-state index in [0.717, 1.165) is 25.0 Å². The van der Waals surface area contributed by atoms with Gasteiger partial charge >= 0.3 is 0 Å². The molecule has 1 amide bonds. The number of fused-ring (bicyclic) bond motifs is 3. The molecule has 4 heterocycles. The molecule has 3 aromatic rings. The van der Waals surface area contributed by atoms with Gasteiger partial charge in [0, 0.05) is 24.0 Å². The normalized spacial score (nSPS) is 24.3. The second-order valence-corrected chi connectivity index (χ2v) is 9.32. The molecule has 1 saturated carbocycles. The lowest BCUT2D eigenvalue weighted by atomic mass is 9.70. The molecule has 174 valence electrons. The predicted molar refractivity (Wildman–Crippen MR) is 122 cm³/mol. The third-order valence-electron chi connectivity index (χ3n) is 6.64. The number of ether oxygens (including phenoxy) is 3. The zero-order valence-electron chi connectivity index (χ0n) is 19.4. The van der Waals surface area contributed by atoms with Crippen LogP contribution in [0.15, 0.2) is 30.7 Å². The van der Waals surface area contributed by atoms with E-state index in [1.54, 1.807) is 28.9 Å². The van der Waals surface area contributed by atoms with Crippen LogP contribution in [0.25, 0.3) is 5.78 Å². The second kappa shape index (κ2) is 8.30. The van der Waals surface area contributed by atoms with Crippen LogP contribution in [-0.4, -0.2) is 51.2 Å². The van der Waals surface area contributed by atoms with Crippen molar-refractivity contribution in [2.24, 2.45) is 5.92 Å². The summed E-state index contributed by atoms with van der Waals surface area (Å²) in [5.41, 5.74) is 1.65. The maximum atomic E-state index is 13.2. The minimum Gasteiger partial charge on any atom is -0.480 e. The number of nitrogens with one attached hydrogen (secondary N) is 1. The number of aromatic nitrogens is 4. The third-order valence-corrected chi connectivity index (χ3v) is 6.64. The average molecular weight is 452 g/mol. The molecule has 0 aromatic carbocycles. The van der Waals surface area contributed by atoms with Crippen molar-refractivity contribution in [3.05, 3.63) is 42.0 Å². The molecule has 2 aliphatic rings. The number of rotatable bonds is 6. The lowest BCUT2D eigenvalue weighted by Gasteiger charge is -2.32. The molecular formula is C24H29N5O4. The smallest absolute Gasteiger partial charge is 0.262 e. The first-order chi connectivity index (χ1) is 15.9. The number of carbonyl (C=O) groups is 1. The highest BCUT2D eigenvalue weighted by Crippen LogP contribution is 2.47. The fraction of sp³-hybridized carbons (Fsp3) is 0.500. The van der Waals surface area contributed by atoms with Crippen LogP contribution in [0.1, 0.15) is 56.1 Å². The summed E-state index contributed by atoms with van der Waals surface area (Å²) in [6.07, 6.45) is 8.57. The van der Waals surface area contributed by atoms with Gasteiger partial charge in [-0.05, 0) is 51.2 Å². The highest BCUT2D eigenvalue weighted by molar-refractivity contribution is 6.06. The van der Waals surface area contributed by atoms with Crippen molar-refractivity contribution in [2.75, 3.05) is 19.0 Å². The van der Waals surface area contributed by atoms with E-state index in [4.69, 9.17) is 19.2 Å². The molecule has 0 spiro atoms. The van der Waals surface area contributed by atoms with Gasteiger partial charge in [-0.25, -0.2) is 9.97 Å². The van der Waals surface area contributed by atoms with E-state index in [9.17, 15) is 4.79 Å². The molecular weight excluding hydrogens is 422 g/mol. The first-order valence-electron chi connectivity index (χ1n) is 11.4. The van der Waals surface area contributed by atoms with E-state index >= 15 is 0 Å². The summed E-state index contributed by atoms with van der Waals surface area (Å²) in [4.78, 5) is 26.8. The van der Waals surface area contributed by atoms with Crippen molar-refractivity contribution >= 4 is 17.4 Å². The van der Waals surface area contributed by atoms with E-state index in [1.807, 2.05) is 20.0 Å². The standard InChI is InChI=1S/C24H29N5O4/c1-14(2)33-21-16(20(30)26-17-6-5-9-25-22(17)31-4)11-29-12-19(27-23(29)28-21)24-8-7-15(3)18(10-24)32-13-24/h5-6,9,11-12,14-15,18H,7-8,10,13H2,1-4H3,(H,26,30)/t15?,18-,24+/m1/s1. The van der Waals surface area contributed by atoms with Crippen LogP contribution in [-0.2, 0) is 10.2 Å². The number of pyridine rings is 1. The number of hydrogen-bond acceptors (Lipinski definition) is 7. The topological polar surface area (TPSA) is 99.9 Å². The summed E-state index contributed by atoms with van der Waals surface area (Å²) < 4.78 is 19.1. The Bertz CT molecular complexity index is 1190. The first-order valence-corrected chi connectivity index (χ1v) is 11.4. The molecule has 1 aliphatic carbocycles. The van der Waals surface area contributed by atoms with Gasteiger partial charge in [-0.1, -0.05) is 6.92 Å². The van der Waals surface area contributed by atoms with E-state index < -0.39 is 0 Å². The second-order valence-electron chi connectivity index (χ2n) is 9.32. The maximum Gasteiger partial charge on any atom is 0.262 e. The molecule has 2 fully saturated rings. The minimum absolute atomic E-state index is 0.0879. The van der Waals surface area contributed by atoms with Crippen molar-refractivity contribution < 1.29 is 19.0 Å². The highest BCUT2D eigenvalue weighted by Gasteiger charge is 2.48. The Morgan fingerprint density at radius 3 is 2.94 bits per heavy atom. The Hall–Kier alpha value is -3.20. The van der Waals surface area contributed by atoms with E-state index in [1.165, 1.54) is 7.11 Å². The molecule has 3 aromatic heterocycles. The summed E-state index contributed by atoms with van der Waals surface area (Å²) >= 11 is 0. The van der Waals surface area contributed by atoms with Crippen molar-refractivity contribution in [3.63, 3.8) is 0 Å². The third kappa shape index (κ3) is 3.90. The molecule has 9 nitrogen and oxygen atoms in total. The highest BCUT2D eigenvalue weighted by atomic mass is 16.5. The van der Waals surface area contributed by atoms with Crippen molar-refractivity contribution in [3.8, 4) is 11.8 Å². The molecule has 1 saturated heterocycles. The van der Waals surface area contributed by atoms with Gasteiger partial charge in [-0.15, -0.1) is 0 Å². The molecule has 2 bridgehead atoms. The van der Waals surface area contributed by atoms with Crippen molar-refractivity contribution in [1.82, 2.24) is 19.4 Å². The van der Waals surface area contributed by atoms with Gasteiger partial charge in [0.1, 0.15) is 11.3 Å². The SMILES string of the molecule is COc1ncccc1NC(=O)c1cn2cc([C@@]34CCC(C)[C@@H](C3)OC4)nc2nc1OC(C)C. The molecule has 1 aliphatic heterocycles. The number of nitrogens with zero attached hydrogens (tertiary/aromatic N) is 4. The van der Waals surface area contributed by atoms with Crippen LogP contribution in [0.2, 0.25) is 0 Å².